The molecule has 6 heteroatoms. The molecule has 1 saturated carbocycles. The topological polar surface area (TPSA) is 55.6 Å². The van der Waals surface area contributed by atoms with Crippen molar-refractivity contribution in [3.05, 3.63) is 52.8 Å². The van der Waals surface area contributed by atoms with Crippen molar-refractivity contribution in [1.82, 2.24) is 14.7 Å². The molecular formula is C20H23N3O2S. The summed E-state index contributed by atoms with van der Waals surface area (Å²) in [6.07, 6.45) is 5.99. The molecule has 0 aliphatic heterocycles. The van der Waals surface area contributed by atoms with Gasteiger partial charge < -0.3 is 14.5 Å². The van der Waals surface area contributed by atoms with Crippen LogP contribution >= 0.6 is 11.3 Å². The van der Waals surface area contributed by atoms with E-state index in [1.165, 1.54) is 0 Å². The van der Waals surface area contributed by atoms with Gasteiger partial charge >= 0.3 is 0 Å². The maximum atomic E-state index is 12.8. The maximum absolute atomic E-state index is 12.8. The number of amides is 1. The fraction of sp³-hybridized carbons (Fsp3) is 0.400. The molecule has 3 heterocycles. The summed E-state index contributed by atoms with van der Waals surface area (Å²) in [5.74, 6) is -0.0346. The molecule has 0 unspecified atom stereocenters. The van der Waals surface area contributed by atoms with Crippen LogP contribution in [-0.4, -0.2) is 27.4 Å². The SMILES string of the molecule is Cc1cc(C)n2ccc(C(=O)N[C@H]3CC[C@@H](Oc4cccs4)CC3)c2n1. The van der Waals surface area contributed by atoms with E-state index in [-0.39, 0.29) is 18.1 Å². The average molecular weight is 369 g/mol. The number of nitrogens with zero attached hydrogens (tertiary/aromatic N) is 2. The number of rotatable bonds is 4. The first-order valence-corrected chi connectivity index (χ1v) is 9.94. The van der Waals surface area contributed by atoms with Crippen molar-refractivity contribution in [3.63, 3.8) is 0 Å². The van der Waals surface area contributed by atoms with Crippen molar-refractivity contribution in [3.8, 4) is 5.06 Å². The van der Waals surface area contributed by atoms with Crippen molar-refractivity contribution in [2.45, 2.75) is 51.7 Å². The smallest absolute Gasteiger partial charge is 0.255 e. The van der Waals surface area contributed by atoms with Gasteiger partial charge in [-0.05, 0) is 69.2 Å². The van der Waals surface area contributed by atoms with Gasteiger partial charge in [-0.15, -0.1) is 11.3 Å². The predicted molar refractivity (Wildman–Crippen MR) is 103 cm³/mol. The van der Waals surface area contributed by atoms with Crippen molar-refractivity contribution in [1.29, 1.82) is 0 Å². The molecule has 0 bridgehead atoms. The Morgan fingerprint density at radius 3 is 2.81 bits per heavy atom. The summed E-state index contributed by atoms with van der Waals surface area (Å²) >= 11 is 1.63. The number of hydrogen-bond acceptors (Lipinski definition) is 4. The van der Waals surface area contributed by atoms with E-state index in [2.05, 4.69) is 10.3 Å². The Balaban J connectivity index is 1.39. The van der Waals surface area contributed by atoms with Gasteiger partial charge in [0, 0.05) is 23.6 Å². The predicted octanol–water partition coefficient (Wildman–Crippen LogP) is 4.13. The molecule has 0 radical (unpaired) electrons. The Morgan fingerprint density at radius 1 is 1.27 bits per heavy atom. The molecule has 0 saturated heterocycles. The van der Waals surface area contributed by atoms with Crippen LogP contribution in [-0.2, 0) is 0 Å². The zero-order valence-corrected chi connectivity index (χ0v) is 15.9. The van der Waals surface area contributed by atoms with Crippen LogP contribution in [0.15, 0.2) is 35.8 Å². The van der Waals surface area contributed by atoms with Gasteiger partial charge in [0.05, 0.1) is 11.7 Å². The first-order valence-electron chi connectivity index (χ1n) is 9.06. The second kappa shape index (κ2) is 7.11. The Kier molecular flexibility index (Phi) is 4.68. The minimum atomic E-state index is -0.0346. The van der Waals surface area contributed by atoms with Gasteiger partial charge in [-0.25, -0.2) is 4.98 Å². The Morgan fingerprint density at radius 2 is 2.08 bits per heavy atom. The second-order valence-electron chi connectivity index (χ2n) is 6.96. The van der Waals surface area contributed by atoms with Gasteiger partial charge in [0.15, 0.2) is 5.06 Å². The first-order chi connectivity index (χ1) is 12.6. The zero-order chi connectivity index (χ0) is 18.1. The van der Waals surface area contributed by atoms with Crippen LogP contribution < -0.4 is 10.1 Å². The standard InChI is InChI=1S/C20H23N3O2S/c1-13-12-14(2)23-10-9-17(19(23)21-13)20(24)22-15-5-7-16(8-6-15)25-18-4-3-11-26-18/h3-4,9-12,15-16H,5-8H2,1-2H3,(H,22,24)/t15-,16+. The fourth-order valence-corrected chi connectivity index (χ4v) is 4.29. The second-order valence-corrected chi connectivity index (χ2v) is 7.87. The van der Waals surface area contributed by atoms with Crippen LogP contribution in [0, 0.1) is 13.8 Å². The molecule has 136 valence electrons. The van der Waals surface area contributed by atoms with E-state index in [4.69, 9.17) is 4.74 Å². The molecule has 1 amide bonds. The van der Waals surface area contributed by atoms with Crippen LogP contribution in [0.5, 0.6) is 5.06 Å². The summed E-state index contributed by atoms with van der Waals surface area (Å²) in [6, 6.07) is 8.09. The van der Waals surface area contributed by atoms with Crippen molar-refractivity contribution in [2.24, 2.45) is 0 Å². The van der Waals surface area contributed by atoms with Crippen LogP contribution in [0.2, 0.25) is 0 Å². The summed E-state index contributed by atoms with van der Waals surface area (Å²) in [5.41, 5.74) is 3.38. The maximum Gasteiger partial charge on any atom is 0.255 e. The minimum Gasteiger partial charge on any atom is -0.481 e. The van der Waals surface area contributed by atoms with Crippen LogP contribution in [0.4, 0.5) is 0 Å². The fourth-order valence-electron chi connectivity index (χ4n) is 3.65. The lowest BCUT2D eigenvalue weighted by Crippen LogP contribution is -2.39. The van der Waals surface area contributed by atoms with E-state index in [0.717, 1.165) is 47.8 Å². The number of fused-ring (bicyclic) bond motifs is 1. The highest BCUT2D eigenvalue weighted by atomic mass is 32.1. The Bertz CT molecular complexity index is 909. The van der Waals surface area contributed by atoms with Gasteiger partial charge in [0.2, 0.25) is 0 Å². The number of carbonyl (C=O) groups excluding carboxylic acids is 1. The zero-order valence-electron chi connectivity index (χ0n) is 15.1. The van der Waals surface area contributed by atoms with Gasteiger partial charge in [-0.2, -0.15) is 0 Å². The lowest BCUT2D eigenvalue weighted by molar-refractivity contribution is 0.0898. The summed E-state index contributed by atoms with van der Waals surface area (Å²) in [4.78, 5) is 17.3. The van der Waals surface area contributed by atoms with Gasteiger partial charge in [0.25, 0.3) is 5.91 Å². The lowest BCUT2D eigenvalue weighted by atomic mass is 9.93. The third-order valence-corrected chi connectivity index (χ3v) is 5.73. The third-order valence-electron chi connectivity index (χ3n) is 4.97. The summed E-state index contributed by atoms with van der Waals surface area (Å²) in [6.45, 7) is 3.98. The molecule has 0 atom stereocenters. The highest BCUT2D eigenvalue weighted by Crippen LogP contribution is 2.27. The lowest BCUT2D eigenvalue weighted by Gasteiger charge is -2.29. The van der Waals surface area contributed by atoms with Crippen LogP contribution in [0.25, 0.3) is 5.65 Å². The van der Waals surface area contributed by atoms with Gasteiger partial charge in [-0.3, -0.25) is 4.79 Å². The van der Waals surface area contributed by atoms with Gasteiger partial charge in [-0.1, -0.05) is 0 Å². The largest absolute Gasteiger partial charge is 0.481 e. The Labute approximate surface area is 157 Å². The highest BCUT2D eigenvalue weighted by Gasteiger charge is 2.25. The van der Waals surface area contributed by atoms with E-state index >= 15 is 0 Å². The molecule has 1 aliphatic carbocycles. The van der Waals surface area contributed by atoms with E-state index < -0.39 is 0 Å². The molecule has 3 aromatic heterocycles. The number of aryl methyl sites for hydroxylation is 2. The summed E-state index contributed by atoms with van der Waals surface area (Å²) in [5, 5.41) is 6.20. The van der Waals surface area contributed by atoms with E-state index in [1.807, 2.05) is 54.1 Å². The van der Waals surface area contributed by atoms with Crippen molar-refractivity contribution < 1.29 is 9.53 Å². The number of carbonyl (C=O) groups is 1. The van der Waals surface area contributed by atoms with E-state index in [0.29, 0.717) is 5.56 Å². The van der Waals surface area contributed by atoms with E-state index in [1.54, 1.807) is 11.3 Å². The molecular weight excluding hydrogens is 346 g/mol. The summed E-state index contributed by atoms with van der Waals surface area (Å²) < 4.78 is 7.96. The molecule has 1 aliphatic rings. The highest BCUT2D eigenvalue weighted by molar-refractivity contribution is 7.11. The average Bonchev–Trinajstić information content (AvgIpc) is 3.26. The van der Waals surface area contributed by atoms with Crippen LogP contribution in [0.3, 0.4) is 0 Å². The first kappa shape index (κ1) is 17.1. The molecule has 5 nitrogen and oxygen atoms in total. The monoisotopic (exact) mass is 369 g/mol. The van der Waals surface area contributed by atoms with E-state index in [9.17, 15) is 4.79 Å². The molecule has 1 N–H and O–H groups in total. The molecule has 0 aromatic carbocycles. The summed E-state index contributed by atoms with van der Waals surface area (Å²) in [7, 11) is 0. The Hall–Kier alpha value is -2.34. The molecule has 1 fully saturated rings. The normalized spacial score (nSPS) is 20.2. The number of nitrogens with one attached hydrogen (secondary N) is 1. The molecule has 3 aromatic rings. The minimum absolute atomic E-state index is 0.0346. The molecule has 0 spiro atoms. The van der Waals surface area contributed by atoms with Gasteiger partial charge in [0.1, 0.15) is 5.65 Å². The number of hydrogen-bond donors (Lipinski definition) is 1. The van der Waals surface area contributed by atoms with Crippen LogP contribution in [0.1, 0.15) is 47.4 Å². The van der Waals surface area contributed by atoms with Crippen molar-refractivity contribution in [2.75, 3.05) is 0 Å². The third kappa shape index (κ3) is 3.46. The number of thiophene rings is 1. The molecule has 4 rings (SSSR count). The van der Waals surface area contributed by atoms with Crippen molar-refractivity contribution >= 4 is 22.9 Å². The molecule has 26 heavy (non-hydrogen) atoms. The quantitative estimate of drug-likeness (QED) is 0.752. The number of aromatic nitrogens is 2. The number of ether oxygens (including phenoxy) is 1.